The van der Waals surface area contributed by atoms with Crippen molar-refractivity contribution in [2.45, 2.75) is 19.3 Å². The molecule has 0 radical (unpaired) electrons. The summed E-state index contributed by atoms with van der Waals surface area (Å²) in [6.07, 6.45) is 1.81. The molecule has 0 aromatic heterocycles. The summed E-state index contributed by atoms with van der Waals surface area (Å²) in [5.74, 6) is -1.62. The first kappa shape index (κ1) is 15.3. The van der Waals surface area contributed by atoms with Gasteiger partial charge >= 0.3 is 5.97 Å². The lowest BCUT2D eigenvalue weighted by molar-refractivity contribution is -0.145. The van der Waals surface area contributed by atoms with Crippen LogP contribution in [0.1, 0.15) is 19.3 Å². The Morgan fingerprint density at radius 1 is 0.864 bits per heavy atom. The van der Waals surface area contributed by atoms with E-state index in [1.807, 2.05) is 4.90 Å². The summed E-state index contributed by atoms with van der Waals surface area (Å²) in [5, 5.41) is 8.90. The van der Waals surface area contributed by atoms with E-state index in [4.69, 9.17) is 9.84 Å². The molecular weight excluding hydrogens is 288 g/mol. The van der Waals surface area contributed by atoms with Gasteiger partial charge in [0.25, 0.3) is 0 Å². The van der Waals surface area contributed by atoms with Gasteiger partial charge in [-0.05, 0) is 19.3 Å². The predicted octanol–water partition coefficient (Wildman–Crippen LogP) is -0.195. The van der Waals surface area contributed by atoms with Crippen LogP contribution in [0.15, 0.2) is 0 Å². The SMILES string of the molecule is O=C(O)C1CC1C(=O)N1CCC(C(=O)N2CCOCC2)CC1. The van der Waals surface area contributed by atoms with E-state index in [2.05, 4.69) is 0 Å². The third-order valence-corrected chi connectivity index (χ3v) is 4.90. The average Bonchev–Trinajstić information content (AvgIpc) is 3.35. The number of rotatable bonds is 3. The zero-order chi connectivity index (χ0) is 15.7. The van der Waals surface area contributed by atoms with Crippen LogP contribution in [-0.4, -0.2) is 72.1 Å². The average molecular weight is 310 g/mol. The van der Waals surface area contributed by atoms with Crippen LogP contribution in [0.2, 0.25) is 0 Å². The standard InChI is InChI=1S/C15H22N2O5/c18-13(17-5-7-22-8-6-17)10-1-3-16(4-2-10)14(19)11-9-12(11)15(20)21/h10-12H,1-9H2,(H,20,21). The lowest BCUT2D eigenvalue weighted by Gasteiger charge is -2.35. The molecule has 0 aromatic rings. The number of piperidine rings is 1. The maximum atomic E-state index is 12.4. The topological polar surface area (TPSA) is 87.2 Å². The molecule has 2 aliphatic heterocycles. The quantitative estimate of drug-likeness (QED) is 0.780. The van der Waals surface area contributed by atoms with Gasteiger partial charge < -0.3 is 19.6 Å². The summed E-state index contributed by atoms with van der Waals surface area (Å²) in [6.45, 7) is 3.62. The largest absolute Gasteiger partial charge is 0.481 e. The number of ether oxygens (including phenoxy) is 1. The summed E-state index contributed by atoms with van der Waals surface area (Å²) < 4.78 is 5.25. The fourth-order valence-electron chi connectivity index (χ4n) is 3.36. The van der Waals surface area contributed by atoms with Crippen LogP contribution in [0.5, 0.6) is 0 Å². The molecule has 1 N–H and O–H groups in total. The predicted molar refractivity (Wildman–Crippen MR) is 75.9 cm³/mol. The van der Waals surface area contributed by atoms with Crippen LogP contribution in [0.25, 0.3) is 0 Å². The second-order valence-electron chi connectivity index (χ2n) is 6.32. The summed E-state index contributed by atoms with van der Waals surface area (Å²) in [4.78, 5) is 39.0. The highest BCUT2D eigenvalue weighted by Crippen LogP contribution is 2.40. The van der Waals surface area contributed by atoms with Crippen LogP contribution in [-0.2, 0) is 19.1 Å². The summed E-state index contributed by atoms with van der Waals surface area (Å²) in [7, 11) is 0. The number of amides is 2. The highest BCUT2D eigenvalue weighted by atomic mass is 16.5. The third kappa shape index (κ3) is 3.09. The van der Waals surface area contributed by atoms with Crippen molar-refractivity contribution in [3.05, 3.63) is 0 Å². The molecule has 3 fully saturated rings. The minimum atomic E-state index is -0.879. The lowest BCUT2D eigenvalue weighted by Crippen LogP contribution is -2.48. The maximum absolute atomic E-state index is 12.4. The molecule has 3 aliphatic rings. The van der Waals surface area contributed by atoms with Crippen molar-refractivity contribution in [1.29, 1.82) is 0 Å². The minimum Gasteiger partial charge on any atom is -0.481 e. The lowest BCUT2D eigenvalue weighted by atomic mass is 9.94. The molecular formula is C15H22N2O5. The van der Waals surface area contributed by atoms with Crippen molar-refractivity contribution >= 4 is 17.8 Å². The van der Waals surface area contributed by atoms with Crippen molar-refractivity contribution in [3.8, 4) is 0 Å². The Bertz CT molecular complexity index is 467. The Morgan fingerprint density at radius 3 is 2.00 bits per heavy atom. The van der Waals surface area contributed by atoms with Crippen molar-refractivity contribution in [2.75, 3.05) is 39.4 Å². The first-order valence-electron chi connectivity index (χ1n) is 7.96. The van der Waals surface area contributed by atoms with E-state index >= 15 is 0 Å². The van der Waals surface area contributed by atoms with Gasteiger partial charge in [0, 0.05) is 32.1 Å². The second kappa shape index (κ2) is 6.24. The zero-order valence-corrected chi connectivity index (χ0v) is 12.6. The Kier molecular flexibility index (Phi) is 4.33. The van der Waals surface area contributed by atoms with E-state index in [0.717, 1.165) is 0 Å². The molecule has 22 heavy (non-hydrogen) atoms. The fourth-order valence-corrected chi connectivity index (χ4v) is 3.36. The van der Waals surface area contributed by atoms with Crippen molar-refractivity contribution in [2.24, 2.45) is 17.8 Å². The number of likely N-dealkylation sites (tertiary alicyclic amines) is 1. The molecule has 2 amide bonds. The number of hydrogen-bond donors (Lipinski definition) is 1. The molecule has 2 saturated heterocycles. The zero-order valence-electron chi connectivity index (χ0n) is 12.6. The van der Waals surface area contributed by atoms with Crippen LogP contribution < -0.4 is 0 Å². The van der Waals surface area contributed by atoms with Gasteiger partial charge in [-0.2, -0.15) is 0 Å². The highest BCUT2D eigenvalue weighted by molar-refractivity contribution is 5.89. The highest BCUT2D eigenvalue weighted by Gasteiger charge is 2.50. The summed E-state index contributed by atoms with van der Waals surface area (Å²) in [5.41, 5.74) is 0. The van der Waals surface area contributed by atoms with Gasteiger partial charge in [0.2, 0.25) is 11.8 Å². The number of carbonyl (C=O) groups excluding carboxylic acids is 2. The van der Waals surface area contributed by atoms with E-state index in [1.165, 1.54) is 0 Å². The molecule has 7 nitrogen and oxygen atoms in total. The molecule has 0 bridgehead atoms. The Balaban J connectivity index is 1.47. The molecule has 122 valence electrons. The van der Waals surface area contributed by atoms with Crippen LogP contribution >= 0.6 is 0 Å². The van der Waals surface area contributed by atoms with E-state index in [-0.39, 0.29) is 23.7 Å². The van der Waals surface area contributed by atoms with Gasteiger partial charge in [-0.3, -0.25) is 14.4 Å². The third-order valence-electron chi connectivity index (χ3n) is 4.90. The van der Waals surface area contributed by atoms with Gasteiger partial charge in [-0.25, -0.2) is 0 Å². The molecule has 3 rings (SSSR count). The van der Waals surface area contributed by atoms with Gasteiger partial charge in [-0.15, -0.1) is 0 Å². The first-order chi connectivity index (χ1) is 10.6. The van der Waals surface area contributed by atoms with E-state index in [9.17, 15) is 14.4 Å². The molecule has 2 heterocycles. The number of aliphatic carboxylic acids is 1. The van der Waals surface area contributed by atoms with E-state index in [1.54, 1.807) is 4.90 Å². The summed E-state index contributed by atoms with van der Waals surface area (Å²) in [6, 6.07) is 0. The number of carboxylic acid groups (broad SMARTS) is 1. The van der Waals surface area contributed by atoms with Crippen molar-refractivity contribution in [3.63, 3.8) is 0 Å². The summed E-state index contributed by atoms with van der Waals surface area (Å²) >= 11 is 0. The molecule has 0 spiro atoms. The number of hydrogen-bond acceptors (Lipinski definition) is 4. The minimum absolute atomic E-state index is 0.0170. The van der Waals surface area contributed by atoms with Crippen LogP contribution in [0.4, 0.5) is 0 Å². The molecule has 1 saturated carbocycles. The Morgan fingerprint density at radius 2 is 1.45 bits per heavy atom. The smallest absolute Gasteiger partial charge is 0.307 e. The molecule has 0 aromatic carbocycles. The maximum Gasteiger partial charge on any atom is 0.307 e. The van der Waals surface area contributed by atoms with Gasteiger partial charge in [0.15, 0.2) is 0 Å². The molecule has 2 unspecified atom stereocenters. The normalized spacial score (nSPS) is 29.3. The number of nitrogens with zero attached hydrogens (tertiary/aromatic N) is 2. The van der Waals surface area contributed by atoms with Crippen LogP contribution in [0, 0.1) is 17.8 Å². The van der Waals surface area contributed by atoms with Gasteiger partial charge in [0.1, 0.15) is 0 Å². The van der Waals surface area contributed by atoms with E-state index < -0.39 is 11.9 Å². The fraction of sp³-hybridized carbons (Fsp3) is 0.800. The van der Waals surface area contributed by atoms with Gasteiger partial charge in [0.05, 0.1) is 25.0 Å². The molecule has 1 aliphatic carbocycles. The van der Waals surface area contributed by atoms with Crippen LogP contribution in [0.3, 0.4) is 0 Å². The first-order valence-corrected chi connectivity index (χ1v) is 7.96. The second-order valence-corrected chi connectivity index (χ2v) is 6.32. The molecule has 7 heteroatoms. The monoisotopic (exact) mass is 310 g/mol. The number of carbonyl (C=O) groups is 3. The van der Waals surface area contributed by atoms with Crippen molar-refractivity contribution in [1.82, 2.24) is 9.80 Å². The Labute approximate surface area is 129 Å². The van der Waals surface area contributed by atoms with Gasteiger partial charge in [-0.1, -0.05) is 0 Å². The number of carboxylic acids is 1. The number of morpholine rings is 1. The Hall–Kier alpha value is -1.63. The molecule has 2 atom stereocenters. The van der Waals surface area contributed by atoms with E-state index in [0.29, 0.717) is 58.7 Å². The van der Waals surface area contributed by atoms with Crippen molar-refractivity contribution < 1.29 is 24.2 Å².